The molecule has 0 aliphatic carbocycles. The molecule has 2 N–H and O–H groups in total. The molecule has 0 radical (unpaired) electrons. The Morgan fingerprint density at radius 2 is 2.04 bits per heavy atom. The Kier molecular flexibility index (Phi) is 7.25. The van der Waals surface area contributed by atoms with Gasteiger partial charge in [-0.1, -0.05) is 44.2 Å². The van der Waals surface area contributed by atoms with E-state index in [9.17, 15) is 4.79 Å². The summed E-state index contributed by atoms with van der Waals surface area (Å²) in [4.78, 5) is 17.0. The average molecular weight is 332 g/mol. The van der Waals surface area contributed by atoms with Gasteiger partial charge in [-0.2, -0.15) is 0 Å². The largest absolute Gasteiger partial charge is 0.341 e. The standard InChI is InChI=1S/C20H33N3O/c1-4-23(20(24)19(21)16(2)3)15-18-11-8-12-22(14-18)13-17-9-6-5-7-10-17/h5-7,9-10,16,18-19H,4,8,11-15,21H2,1-3H3. The normalized spacial score (nSPS) is 20.1. The molecule has 4 heteroatoms. The number of hydrogen-bond donors (Lipinski definition) is 1. The fraction of sp³-hybridized carbons (Fsp3) is 0.650. The fourth-order valence-electron chi connectivity index (χ4n) is 3.47. The van der Waals surface area contributed by atoms with Gasteiger partial charge in [0, 0.05) is 26.2 Å². The maximum atomic E-state index is 12.5. The highest BCUT2D eigenvalue weighted by Crippen LogP contribution is 2.20. The van der Waals surface area contributed by atoms with Gasteiger partial charge in [-0.3, -0.25) is 9.69 Å². The highest BCUT2D eigenvalue weighted by molar-refractivity contribution is 5.81. The van der Waals surface area contributed by atoms with Gasteiger partial charge >= 0.3 is 0 Å². The third-order valence-corrected chi connectivity index (χ3v) is 5.03. The number of benzene rings is 1. The van der Waals surface area contributed by atoms with E-state index in [1.54, 1.807) is 0 Å². The molecular formula is C20H33N3O. The van der Waals surface area contributed by atoms with Crippen LogP contribution >= 0.6 is 0 Å². The Hall–Kier alpha value is -1.39. The number of rotatable bonds is 7. The van der Waals surface area contributed by atoms with Crippen LogP contribution in [0.25, 0.3) is 0 Å². The van der Waals surface area contributed by atoms with E-state index in [1.165, 1.54) is 18.4 Å². The van der Waals surface area contributed by atoms with E-state index in [0.29, 0.717) is 5.92 Å². The minimum atomic E-state index is -0.381. The SMILES string of the molecule is CCN(CC1CCCN(Cc2ccccc2)C1)C(=O)C(N)C(C)C. The van der Waals surface area contributed by atoms with Crippen molar-refractivity contribution in [2.75, 3.05) is 26.2 Å². The van der Waals surface area contributed by atoms with Gasteiger partial charge < -0.3 is 10.6 Å². The Bertz CT molecular complexity index is 503. The first-order chi connectivity index (χ1) is 11.5. The second-order valence-electron chi connectivity index (χ2n) is 7.38. The molecule has 0 bridgehead atoms. The van der Waals surface area contributed by atoms with Gasteiger partial charge in [0.15, 0.2) is 0 Å². The summed E-state index contributed by atoms with van der Waals surface area (Å²) in [6, 6.07) is 10.3. The summed E-state index contributed by atoms with van der Waals surface area (Å²) in [7, 11) is 0. The average Bonchev–Trinajstić information content (AvgIpc) is 2.59. The van der Waals surface area contributed by atoms with Crippen LogP contribution in [-0.4, -0.2) is 47.9 Å². The monoisotopic (exact) mass is 331 g/mol. The summed E-state index contributed by atoms with van der Waals surface area (Å²) < 4.78 is 0. The third kappa shape index (κ3) is 5.32. The lowest BCUT2D eigenvalue weighted by Gasteiger charge is -2.36. The maximum absolute atomic E-state index is 12.5. The topological polar surface area (TPSA) is 49.6 Å². The Labute approximate surface area is 147 Å². The maximum Gasteiger partial charge on any atom is 0.239 e. The van der Waals surface area contributed by atoms with Crippen molar-refractivity contribution in [3.05, 3.63) is 35.9 Å². The van der Waals surface area contributed by atoms with Gasteiger partial charge in [-0.15, -0.1) is 0 Å². The number of piperidine rings is 1. The quantitative estimate of drug-likeness (QED) is 0.836. The number of nitrogens with two attached hydrogens (primary N) is 1. The van der Waals surface area contributed by atoms with Crippen LogP contribution in [0.4, 0.5) is 0 Å². The Morgan fingerprint density at radius 3 is 2.67 bits per heavy atom. The number of likely N-dealkylation sites (tertiary alicyclic amines) is 1. The number of carbonyl (C=O) groups excluding carboxylic acids is 1. The summed E-state index contributed by atoms with van der Waals surface area (Å²) in [6.07, 6.45) is 2.41. The smallest absolute Gasteiger partial charge is 0.239 e. The molecule has 0 saturated carbocycles. The molecule has 134 valence electrons. The number of carbonyl (C=O) groups is 1. The molecule has 1 aromatic carbocycles. The summed E-state index contributed by atoms with van der Waals surface area (Å²) in [6.45, 7) is 10.9. The Morgan fingerprint density at radius 1 is 1.33 bits per heavy atom. The molecular weight excluding hydrogens is 298 g/mol. The zero-order valence-electron chi connectivity index (χ0n) is 15.4. The molecule has 1 aliphatic rings. The van der Waals surface area contributed by atoms with Gasteiger partial charge in [-0.05, 0) is 43.7 Å². The van der Waals surface area contributed by atoms with Gasteiger partial charge in [0.1, 0.15) is 0 Å². The predicted octanol–water partition coefficient (Wildman–Crippen LogP) is 2.73. The molecule has 1 fully saturated rings. The van der Waals surface area contributed by atoms with Gasteiger partial charge in [0.25, 0.3) is 0 Å². The molecule has 24 heavy (non-hydrogen) atoms. The molecule has 1 aromatic rings. The number of nitrogens with zero attached hydrogens (tertiary/aromatic N) is 2. The van der Waals surface area contributed by atoms with Crippen LogP contribution in [-0.2, 0) is 11.3 Å². The van der Waals surface area contributed by atoms with Crippen molar-refractivity contribution in [2.24, 2.45) is 17.6 Å². The first-order valence-electron chi connectivity index (χ1n) is 9.32. The number of amides is 1. The lowest BCUT2D eigenvalue weighted by Crippen LogP contribution is -2.49. The highest BCUT2D eigenvalue weighted by atomic mass is 16.2. The second-order valence-corrected chi connectivity index (χ2v) is 7.38. The predicted molar refractivity (Wildman–Crippen MR) is 99.5 cm³/mol. The third-order valence-electron chi connectivity index (χ3n) is 5.03. The first kappa shape index (κ1) is 18.9. The van der Waals surface area contributed by atoms with Crippen molar-refractivity contribution < 1.29 is 4.79 Å². The van der Waals surface area contributed by atoms with Crippen molar-refractivity contribution in [1.29, 1.82) is 0 Å². The molecule has 0 spiro atoms. The van der Waals surface area contributed by atoms with Crippen molar-refractivity contribution >= 4 is 5.91 Å². The lowest BCUT2D eigenvalue weighted by molar-refractivity contribution is -0.134. The van der Waals surface area contributed by atoms with Crippen LogP contribution in [0.5, 0.6) is 0 Å². The molecule has 2 unspecified atom stereocenters. The van der Waals surface area contributed by atoms with E-state index in [0.717, 1.165) is 32.7 Å². The molecule has 0 aromatic heterocycles. The van der Waals surface area contributed by atoms with Crippen molar-refractivity contribution in [1.82, 2.24) is 9.80 Å². The second kappa shape index (κ2) is 9.19. The minimum absolute atomic E-state index is 0.104. The van der Waals surface area contributed by atoms with Crippen LogP contribution in [0.2, 0.25) is 0 Å². The van der Waals surface area contributed by atoms with E-state index in [1.807, 2.05) is 18.7 Å². The van der Waals surface area contributed by atoms with Crippen LogP contribution in [0.3, 0.4) is 0 Å². The fourth-order valence-corrected chi connectivity index (χ4v) is 3.47. The van der Waals surface area contributed by atoms with Crippen LogP contribution in [0, 0.1) is 11.8 Å². The molecule has 1 amide bonds. The minimum Gasteiger partial charge on any atom is -0.341 e. The Balaban J connectivity index is 1.90. The summed E-state index contributed by atoms with van der Waals surface area (Å²) in [5.74, 6) is 0.839. The van der Waals surface area contributed by atoms with Crippen molar-refractivity contribution in [3.63, 3.8) is 0 Å². The van der Waals surface area contributed by atoms with E-state index >= 15 is 0 Å². The highest BCUT2D eigenvalue weighted by Gasteiger charge is 2.27. The van der Waals surface area contributed by atoms with Crippen LogP contribution in [0.1, 0.15) is 39.2 Å². The van der Waals surface area contributed by atoms with Gasteiger partial charge in [0.2, 0.25) is 5.91 Å². The molecule has 1 saturated heterocycles. The summed E-state index contributed by atoms with van der Waals surface area (Å²) >= 11 is 0. The lowest BCUT2D eigenvalue weighted by atomic mass is 9.96. The molecule has 2 atom stereocenters. The van der Waals surface area contributed by atoms with E-state index in [2.05, 4.69) is 42.2 Å². The zero-order valence-corrected chi connectivity index (χ0v) is 15.4. The summed E-state index contributed by atoms with van der Waals surface area (Å²) in [5, 5.41) is 0. The van der Waals surface area contributed by atoms with Gasteiger partial charge in [0.05, 0.1) is 6.04 Å². The first-order valence-corrected chi connectivity index (χ1v) is 9.32. The summed E-state index contributed by atoms with van der Waals surface area (Å²) in [5.41, 5.74) is 7.43. The van der Waals surface area contributed by atoms with Crippen LogP contribution in [0.15, 0.2) is 30.3 Å². The van der Waals surface area contributed by atoms with E-state index in [-0.39, 0.29) is 17.9 Å². The zero-order chi connectivity index (χ0) is 17.5. The molecule has 2 rings (SSSR count). The number of likely N-dealkylation sites (N-methyl/N-ethyl adjacent to an activating group) is 1. The van der Waals surface area contributed by atoms with Crippen molar-refractivity contribution in [2.45, 2.75) is 46.2 Å². The molecule has 1 heterocycles. The van der Waals surface area contributed by atoms with Crippen LogP contribution < -0.4 is 5.73 Å². The van der Waals surface area contributed by atoms with Gasteiger partial charge in [-0.25, -0.2) is 0 Å². The molecule has 1 aliphatic heterocycles. The number of hydrogen-bond acceptors (Lipinski definition) is 3. The molecule has 4 nitrogen and oxygen atoms in total. The van der Waals surface area contributed by atoms with E-state index < -0.39 is 0 Å². The van der Waals surface area contributed by atoms with Crippen molar-refractivity contribution in [3.8, 4) is 0 Å². The van der Waals surface area contributed by atoms with E-state index in [4.69, 9.17) is 5.73 Å².